The molecule has 2 rings (SSSR count). The van der Waals surface area contributed by atoms with Gasteiger partial charge in [-0.2, -0.15) is 0 Å². The van der Waals surface area contributed by atoms with Crippen molar-refractivity contribution in [2.45, 2.75) is 23.1 Å². The van der Waals surface area contributed by atoms with Gasteiger partial charge in [0.25, 0.3) is 0 Å². The molecule has 1 aromatic heterocycles. The molecule has 0 unspecified atom stereocenters. The minimum Gasteiger partial charge on any atom is -0.381 e. The molecular formula is C9H14N4OS. The summed E-state index contributed by atoms with van der Waals surface area (Å²) in [6, 6.07) is 1.90. The Hall–Kier alpha value is -0.850. The third kappa shape index (κ3) is 3.05. The summed E-state index contributed by atoms with van der Waals surface area (Å²) in [6.07, 6.45) is 3.88. The number of thioether (sulfide) groups is 1. The molecule has 0 radical (unpaired) electrons. The largest absolute Gasteiger partial charge is 0.381 e. The number of hydrogen-bond donors (Lipinski definition) is 2. The Balaban J connectivity index is 1.96. The van der Waals surface area contributed by atoms with E-state index in [0.29, 0.717) is 11.2 Å². The van der Waals surface area contributed by atoms with Gasteiger partial charge >= 0.3 is 0 Å². The smallest absolute Gasteiger partial charge is 0.238 e. The van der Waals surface area contributed by atoms with Crippen LogP contribution >= 0.6 is 11.8 Å². The first kappa shape index (κ1) is 10.7. The predicted molar refractivity (Wildman–Crippen MR) is 59.5 cm³/mol. The minimum absolute atomic E-state index is 0.465. The molecule has 1 aromatic rings. The van der Waals surface area contributed by atoms with E-state index in [1.165, 1.54) is 0 Å². The minimum atomic E-state index is 0.465. The number of rotatable bonds is 3. The van der Waals surface area contributed by atoms with E-state index >= 15 is 0 Å². The summed E-state index contributed by atoms with van der Waals surface area (Å²) in [5.74, 6) is 5.71. The molecule has 1 saturated heterocycles. The Morgan fingerprint density at radius 1 is 1.47 bits per heavy atom. The van der Waals surface area contributed by atoms with Crippen molar-refractivity contribution in [1.82, 2.24) is 9.97 Å². The second-order valence-corrected chi connectivity index (χ2v) is 4.61. The molecule has 0 atom stereocenters. The third-order valence-electron chi connectivity index (χ3n) is 2.21. The molecule has 0 aromatic carbocycles. The van der Waals surface area contributed by atoms with Crippen LogP contribution in [0.25, 0.3) is 0 Å². The standard InChI is InChI=1S/C9H14N4OS/c10-13-9-11-4-1-8(12-9)15-7-2-5-14-6-3-7/h1,4,7H,2-3,5-6,10H2,(H,11,12,13). The normalized spacial score (nSPS) is 17.7. The number of nitrogen functional groups attached to an aromatic ring is 1. The van der Waals surface area contributed by atoms with Gasteiger partial charge in [-0.1, -0.05) is 0 Å². The number of anilines is 1. The second-order valence-electron chi connectivity index (χ2n) is 3.29. The molecule has 0 aliphatic carbocycles. The van der Waals surface area contributed by atoms with Crippen LogP contribution in [0.4, 0.5) is 5.95 Å². The first-order chi connectivity index (χ1) is 7.38. The van der Waals surface area contributed by atoms with Crippen LogP contribution in [0.15, 0.2) is 17.3 Å². The number of nitrogens with zero attached hydrogens (tertiary/aromatic N) is 2. The van der Waals surface area contributed by atoms with Crippen molar-refractivity contribution in [1.29, 1.82) is 0 Å². The van der Waals surface area contributed by atoms with Crippen molar-refractivity contribution in [2.24, 2.45) is 5.84 Å². The number of aromatic nitrogens is 2. The summed E-state index contributed by atoms with van der Waals surface area (Å²) in [6.45, 7) is 1.70. The Morgan fingerprint density at radius 3 is 3.00 bits per heavy atom. The van der Waals surface area contributed by atoms with Crippen molar-refractivity contribution in [3.63, 3.8) is 0 Å². The van der Waals surface area contributed by atoms with E-state index in [4.69, 9.17) is 10.6 Å². The van der Waals surface area contributed by atoms with E-state index in [9.17, 15) is 0 Å². The van der Waals surface area contributed by atoms with Crippen molar-refractivity contribution >= 4 is 17.7 Å². The van der Waals surface area contributed by atoms with Crippen molar-refractivity contribution in [3.05, 3.63) is 12.3 Å². The number of nitrogens with two attached hydrogens (primary N) is 1. The molecule has 1 aliphatic heterocycles. The van der Waals surface area contributed by atoms with E-state index in [1.54, 1.807) is 18.0 Å². The van der Waals surface area contributed by atoms with E-state index < -0.39 is 0 Å². The van der Waals surface area contributed by atoms with Crippen LogP contribution in [0.3, 0.4) is 0 Å². The first-order valence-electron chi connectivity index (χ1n) is 4.92. The fourth-order valence-corrected chi connectivity index (χ4v) is 2.49. The molecule has 1 aliphatic rings. The van der Waals surface area contributed by atoms with Gasteiger partial charge in [0.05, 0.1) is 0 Å². The van der Waals surface area contributed by atoms with E-state index in [0.717, 1.165) is 31.1 Å². The van der Waals surface area contributed by atoms with Crippen LogP contribution < -0.4 is 11.3 Å². The molecule has 15 heavy (non-hydrogen) atoms. The van der Waals surface area contributed by atoms with Gasteiger partial charge in [-0.15, -0.1) is 11.8 Å². The van der Waals surface area contributed by atoms with Crippen LogP contribution in [0, 0.1) is 0 Å². The molecule has 0 amide bonds. The fraction of sp³-hybridized carbons (Fsp3) is 0.556. The number of ether oxygens (including phenoxy) is 1. The number of hydrazine groups is 1. The molecule has 0 bridgehead atoms. The predicted octanol–water partition coefficient (Wildman–Crippen LogP) is 1.03. The van der Waals surface area contributed by atoms with Gasteiger partial charge in [0.2, 0.25) is 5.95 Å². The quantitative estimate of drug-likeness (QED) is 0.455. The summed E-state index contributed by atoms with van der Waals surface area (Å²) in [5, 5.41) is 1.56. The Bertz CT molecular complexity index is 317. The highest BCUT2D eigenvalue weighted by atomic mass is 32.2. The van der Waals surface area contributed by atoms with Crippen molar-refractivity contribution < 1.29 is 4.74 Å². The zero-order chi connectivity index (χ0) is 10.5. The second kappa shape index (κ2) is 5.29. The lowest BCUT2D eigenvalue weighted by Crippen LogP contribution is -2.17. The van der Waals surface area contributed by atoms with Gasteiger partial charge in [-0.05, 0) is 18.9 Å². The summed E-state index contributed by atoms with van der Waals surface area (Å²) >= 11 is 1.77. The maximum absolute atomic E-state index is 5.30. The monoisotopic (exact) mass is 226 g/mol. The van der Waals surface area contributed by atoms with Gasteiger partial charge in [-0.3, -0.25) is 5.43 Å². The molecule has 1 fully saturated rings. The molecule has 3 N–H and O–H groups in total. The third-order valence-corrected chi connectivity index (χ3v) is 3.49. The Morgan fingerprint density at radius 2 is 2.27 bits per heavy atom. The molecule has 5 nitrogen and oxygen atoms in total. The van der Waals surface area contributed by atoms with Gasteiger partial charge < -0.3 is 4.74 Å². The van der Waals surface area contributed by atoms with E-state index in [2.05, 4.69) is 15.4 Å². The molecule has 0 saturated carbocycles. The number of nitrogens with one attached hydrogen (secondary N) is 1. The molecule has 6 heteroatoms. The highest BCUT2D eigenvalue weighted by Gasteiger charge is 2.15. The fourth-order valence-electron chi connectivity index (χ4n) is 1.44. The molecule has 0 spiro atoms. The zero-order valence-electron chi connectivity index (χ0n) is 8.35. The summed E-state index contributed by atoms with van der Waals surface area (Å²) in [7, 11) is 0. The van der Waals surface area contributed by atoms with E-state index in [1.807, 2.05) is 6.07 Å². The van der Waals surface area contributed by atoms with Crippen molar-refractivity contribution in [3.8, 4) is 0 Å². The maximum Gasteiger partial charge on any atom is 0.238 e. The van der Waals surface area contributed by atoms with Crippen LogP contribution in [0.5, 0.6) is 0 Å². The van der Waals surface area contributed by atoms with Gasteiger partial charge in [0.15, 0.2) is 0 Å². The topological polar surface area (TPSA) is 73.1 Å². The van der Waals surface area contributed by atoms with Gasteiger partial charge in [0, 0.05) is 24.7 Å². The summed E-state index contributed by atoms with van der Waals surface area (Å²) in [5.41, 5.74) is 2.44. The van der Waals surface area contributed by atoms with E-state index in [-0.39, 0.29) is 0 Å². The Kier molecular flexibility index (Phi) is 3.76. The number of hydrogen-bond acceptors (Lipinski definition) is 6. The lowest BCUT2D eigenvalue weighted by Gasteiger charge is -2.20. The molecular weight excluding hydrogens is 212 g/mol. The first-order valence-corrected chi connectivity index (χ1v) is 5.80. The highest BCUT2D eigenvalue weighted by Crippen LogP contribution is 2.28. The van der Waals surface area contributed by atoms with Crippen LogP contribution in [-0.2, 0) is 4.74 Å². The molecule has 2 heterocycles. The zero-order valence-corrected chi connectivity index (χ0v) is 9.17. The van der Waals surface area contributed by atoms with Gasteiger partial charge in [-0.25, -0.2) is 15.8 Å². The lowest BCUT2D eigenvalue weighted by atomic mass is 10.2. The molecule has 82 valence electrons. The van der Waals surface area contributed by atoms with Crippen LogP contribution in [-0.4, -0.2) is 28.4 Å². The van der Waals surface area contributed by atoms with Crippen molar-refractivity contribution in [2.75, 3.05) is 18.6 Å². The highest BCUT2D eigenvalue weighted by molar-refractivity contribution is 7.99. The summed E-state index contributed by atoms with van der Waals surface area (Å²) < 4.78 is 5.30. The maximum atomic E-state index is 5.30. The van der Waals surface area contributed by atoms with Gasteiger partial charge in [0.1, 0.15) is 5.03 Å². The summed E-state index contributed by atoms with van der Waals surface area (Å²) in [4.78, 5) is 8.23. The van der Waals surface area contributed by atoms with Crippen LogP contribution in [0.1, 0.15) is 12.8 Å². The van der Waals surface area contributed by atoms with Crippen LogP contribution in [0.2, 0.25) is 0 Å². The lowest BCUT2D eigenvalue weighted by molar-refractivity contribution is 0.1000. The Labute approximate surface area is 92.8 Å². The SMILES string of the molecule is NNc1nccc(SC2CCOCC2)n1. The average Bonchev–Trinajstić information content (AvgIpc) is 2.31. The average molecular weight is 226 g/mol.